The number of anilines is 1. The van der Waals surface area contributed by atoms with Gasteiger partial charge in [0.2, 0.25) is 0 Å². The van der Waals surface area contributed by atoms with Crippen LogP contribution in [0, 0.1) is 11.6 Å². The topological polar surface area (TPSA) is 53.1 Å². The Labute approximate surface area is 96.6 Å². The van der Waals surface area contributed by atoms with Crippen molar-refractivity contribution >= 4 is 5.82 Å². The molecule has 90 valence electrons. The second-order valence-electron chi connectivity index (χ2n) is 3.53. The molecule has 0 bridgehead atoms. The van der Waals surface area contributed by atoms with Gasteiger partial charge in [0.05, 0.1) is 13.3 Å². The van der Waals surface area contributed by atoms with Crippen molar-refractivity contribution in [3.63, 3.8) is 0 Å². The van der Waals surface area contributed by atoms with Gasteiger partial charge >= 0.3 is 0 Å². The lowest BCUT2D eigenvalue weighted by atomic mass is 10.1. The quantitative estimate of drug-likeness (QED) is 0.871. The summed E-state index contributed by atoms with van der Waals surface area (Å²) < 4.78 is 33.3. The smallest absolute Gasteiger partial charge is 0.165 e. The summed E-state index contributed by atoms with van der Waals surface area (Å²) >= 11 is 0. The van der Waals surface area contributed by atoms with Crippen LogP contribution in [0.4, 0.5) is 14.6 Å². The predicted molar refractivity (Wildman–Crippen MR) is 59.5 cm³/mol. The molecule has 0 atom stereocenters. The number of benzene rings is 1. The van der Waals surface area contributed by atoms with Crippen LogP contribution in [0.3, 0.4) is 0 Å². The van der Waals surface area contributed by atoms with E-state index in [1.54, 1.807) is 7.05 Å². The van der Waals surface area contributed by atoms with Crippen molar-refractivity contribution in [3.05, 3.63) is 30.0 Å². The average Bonchev–Trinajstić information content (AvgIpc) is 2.63. The molecular formula is C11H11F2N3O. The molecule has 0 radical (unpaired) electrons. The SMILES string of the molecule is COc1cc(F)c(-c2cnn(C)c2N)cc1F. The van der Waals surface area contributed by atoms with Crippen molar-refractivity contribution < 1.29 is 13.5 Å². The van der Waals surface area contributed by atoms with Gasteiger partial charge in [-0.2, -0.15) is 5.10 Å². The summed E-state index contributed by atoms with van der Waals surface area (Å²) in [6.07, 6.45) is 1.39. The highest BCUT2D eigenvalue weighted by atomic mass is 19.1. The summed E-state index contributed by atoms with van der Waals surface area (Å²) in [4.78, 5) is 0. The van der Waals surface area contributed by atoms with Crippen LogP contribution in [-0.2, 0) is 7.05 Å². The number of hydrogen-bond acceptors (Lipinski definition) is 3. The molecule has 4 nitrogen and oxygen atoms in total. The molecule has 2 aromatic rings. The Balaban J connectivity index is 2.60. The molecule has 1 aromatic carbocycles. The van der Waals surface area contributed by atoms with Gasteiger partial charge in [-0.15, -0.1) is 0 Å². The second kappa shape index (κ2) is 4.04. The molecule has 6 heteroatoms. The first-order valence-corrected chi connectivity index (χ1v) is 4.85. The van der Waals surface area contributed by atoms with Crippen LogP contribution >= 0.6 is 0 Å². The van der Waals surface area contributed by atoms with Crippen molar-refractivity contribution in [2.24, 2.45) is 7.05 Å². The maximum absolute atomic E-state index is 13.8. The molecule has 0 saturated heterocycles. The van der Waals surface area contributed by atoms with Crippen LogP contribution in [-0.4, -0.2) is 16.9 Å². The van der Waals surface area contributed by atoms with E-state index in [-0.39, 0.29) is 17.1 Å². The molecule has 0 fully saturated rings. The lowest BCUT2D eigenvalue weighted by molar-refractivity contribution is 0.383. The van der Waals surface area contributed by atoms with Gasteiger partial charge in [0.1, 0.15) is 11.6 Å². The Morgan fingerprint density at radius 3 is 2.47 bits per heavy atom. The number of rotatable bonds is 2. The molecule has 0 amide bonds. The van der Waals surface area contributed by atoms with Gasteiger partial charge in [0.25, 0.3) is 0 Å². The van der Waals surface area contributed by atoms with E-state index in [9.17, 15) is 8.78 Å². The number of nitrogens with two attached hydrogens (primary N) is 1. The van der Waals surface area contributed by atoms with Crippen molar-refractivity contribution in [1.82, 2.24) is 9.78 Å². The number of halogens is 2. The van der Waals surface area contributed by atoms with E-state index in [2.05, 4.69) is 9.84 Å². The maximum atomic E-state index is 13.8. The molecule has 0 saturated carbocycles. The Hall–Kier alpha value is -2.11. The summed E-state index contributed by atoms with van der Waals surface area (Å²) in [6, 6.07) is 2.03. The van der Waals surface area contributed by atoms with Crippen LogP contribution in [0.2, 0.25) is 0 Å². The molecule has 1 heterocycles. The third kappa shape index (κ3) is 1.82. The second-order valence-corrected chi connectivity index (χ2v) is 3.53. The van der Waals surface area contributed by atoms with Gasteiger partial charge in [-0.25, -0.2) is 8.78 Å². The van der Waals surface area contributed by atoms with Crippen molar-refractivity contribution in [3.8, 4) is 16.9 Å². The van der Waals surface area contributed by atoms with E-state index in [0.29, 0.717) is 5.56 Å². The monoisotopic (exact) mass is 239 g/mol. The van der Waals surface area contributed by atoms with Gasteiger partial charge in [-0.05, 0) is 6.07 Å². The van der Waals surface area contributed by atoms with E-state index in [1.807, 2.05) is 0 Å². The summed E-state index contributed by atoms with van der Waals surface area (Å²) in [5.74, 6) is -1.13. The van der Waals surface area contributed by atoms with E-state index < -0.39 is 11.6 Å². The number of methoxy groups -OCH3 is 1. The van der Waals surface area contributed by atoms with Crippen molar-refractivity contribution in [2.75, 3.05) is 12.8 Å². The Bertz CT molecular complexity index is 566. The minimum absolute atomic E-state index is 0.0638. The minimum Gasteiger partial charge on any atom is -0.494 e. The third-order valence-corrected chi connectivity index (χ3v) is 2.52. The first kappa shape index (κ1) is 11.4. The number of aromatic nitrogens is 2. The highest BCUT2D eigenvalue weighted by molar-refractivity contribution is 5.74. The minimum atomic E-state index is -0.646. The molecule has 2 rings (SSSR count). The molecular weight excluding hydrogens is 228 g/mol. The van der Waals surface area contributed by atoms with E-state index in [0.717, 1.165) is 12.1 Å². The zero-order valence-corrected chi connectivity index (χ0v) is 9.37. The largest absolute Gasteiger partial charge is 0.494 e. The van der Waals surface area contributed by atoms with E-state index in [1.165, 1.54) is 18.0 Å². The normalized spacial score (nSPS) is 10.6. The molecule has 17 heavy (non-hydrogen) atoms. The Morgan fingerprint density at radius 2 is 1.94 bits per heavy atom. The number of aryl methyl sites for hydroxylation is 1. The van der Waals surface area contributed by atoms with Gasteiger partial charge in [0.15, 0.2) is 11.6 Å². The van der Waals surface area contributed by atoms with E-state index in [4.69, 9.17) is 5.73 Å². The number of ether oxygens (including phenoxy) is 1. The van der Waals surface area contributed by atoms with Crippen LogP contribution in [0.5, 0.6) is 5.75 Å². The van der Waals surface area contributed by atoms with Crippen LogP contribution in [0.25, 0.3) is 11.1 Å². The van der Waals surface area contributed by atoms with Gasteiger partial charge in [-0.1, -0.05) is 0 Å². The fourth-order valence-electron chi connectivity index (χ4n) is 1.55. The van der Waals surface area contributed by atoms with Gasteiger partial charge < -0.3 is 10.5 Å². The van der Waals surface area contributed by atoms with Crippen molar-refractivity contribution in [1.29, 1.82) is 0 Å². The lowest BCUT2D eigenvalue weighted by Gasteiger charge is -2.06. The summed E-state index contributed by atoms with van der Waals surface area (Å²) in [7, 11) is 2.90. The van der Waals surface area contributed by atoms with Gasteiger partial charge in [0, 0.05) is 24.2 Å². The highest BCUT2D eigenvalue weighted by Gasteiger charge is 2.16. The van der Waals surface area contributed by atoms with Crippen LogP contribution < -0.4 is 10.5 Å². The first-order chi connectivity index (χ1) is 8.04. The zero-order chi connectivity index (χ0) is 12.6. The Morgan fingerprint density at radius 1 is 1.24 bits per heavy atom. The number of nitrogen functional groups attached to an aromatic ring is 1. The molecule has 0 aliphatic carbocycles. The summed E-state index contributed by atoms with van der Waals surface area (Å²) in [5.41, 5.74) is 6.12. The number of hydrogen-bond donors (Lipinski definition) is 1. The van der Waals surface area contributed by atoms with Crippen molar-refractivity contribution in [2.45, 2.75) is 0 Å². The fourth-order valence-corrected chi connectivity index (χ4v) is 1.55. The van der Waals surface area contributed by atoms with E-state index >= 15 is 0 Å². The van der Waals surface area contributed by atoms with Crippen LogP contribution in [0.1, 0.15) is 0 Å². The first-order valence-electron chi connectivity index (χ1n) is 4.85. The van der Waals surface area contributed by atoms with Gasteiger partial charge in [-0.3, -0.25) is 4.68 Å². The maximum Gasteiger partial charge on any atom is 0.165 e. The average molecular weight is 239 g/mol. The zero-order valence-electron chi connectivity index (χ0n) is 9.37. The molecule has 0 spiro atoms. The highest BCUT2D eigenvalue weighted by Crippen LogP contribution is 2.31. The molecule has 1 aromatic heterocycles. The molecule has 0 aliphatic heterocycles. The molecule has 0 unspecified atom stereocenters. The summed E-state index contributed by atoms with van der Waals surface area (Å²) in [6.45, 7) is 0. The predicted octanol–water partition coefficient (Wildman–Crippen LogP) is 1.96. The fraction of sp³-hybridized carbons (Fsp3) is 0.182. The Kier molecular flexibility index (Phi) is 2.71. The summed E-state index contributed by atoms with van der Waals surface area (Å²) in [5, 5.41) is 3.88. The standard InChI is InChI=1S/C11H11F2N3O/c1-16-11(14)7(5-15-16)6-3-9(13)10(17-2)4-8(6)12/h3-5H,14H2,1-2H3. The number of nitrogens with zero attached hydrogens (tertiary/aromatic N) is 2. The lowest BCUT2D eigenvalue weighted by Crippen LogP contribution is -1.99. The molecule has 2 N–H and O–H groups in total. The third-order valence-electron chi connectivity index (χ3n) is 2.52. The molecule has 0 aliphatic rings. The van der Waals surface area contributed by atoms with Crippen LogP contribution in [0.15, 0.2) is 18.3 Å².